The maximum Gasteiger partial charge on any atom is 0.160 e. The summed E-state index contributed by atoms with van der Waals surface area (Å²) in [7, 11) is 5.49. The van der Waals surface area contributed by atoms with Gasteiger partial charge in [-0.2, -0.15) is 0 Å². The Hall–Kier alpha value is -2.26. The molecule has 0 amide bonds. The van der Waals surface area contributed by atoms with Crippen LogP contribution in [0.4, 0.5) is 0 Å². The summed E-state index contributed by atoms with van der Waals surface area (Å²) >= 11 is 0. The number of hydrogen-bond donors (Lipinski definition) is 0. The molecule has 0 radical (unpaired) electrons. The fourth-order valence-electron chi connectivity index (χ4n) is 2.74. The highest BCUT2D eigenvalue weighted by molar-refractivity contribution is 5.52. The molecule has 0 saturated heterocycles. The number of nitrogens with zero attached hydrogens (tertiary/aromatic N) is 1. The van der Waals surface area contributed by atoms with Crippen molar-refractivity contribution in [1.82, 2.24) is 4.90 Å². The van der Waals surface area contributed by atoms with Gasteiger partial charge in [0.25, 0.3) is 0 Å². The van der Waals surface area contributed by atoms with Gasteiger partial charge in [-0.3, -0.25) is 0 Å². The van der Waals surface area contributed by atoms with E-state index < -0.39 is 0 Å². The molecule has 3 nitrogen and oxygen atoms in total. The Morgan fingerprint density at radius 2 is 1.71 bits per heavy atom. The summed E-state index contributed by atoms with van der Waals surface area (Å²) in [5.41, 5.74) is 3.86. The molecule has 128 valence electrons. The van der Waals surface area contributed by atoms with Crippen LogP contribution in [0.1, 0.15) is 18.1 Å². The number of ether oxygens (including phenoxy) is 2. The third-order valence-corrected chi connectivity index (χ3v) is 3.96. The molecule has 0 saturated carbocycles. The molecule has 0 aromatic heterocycles. The Kier molecular flexibility index (Phi) is 6.89. The molecule has 0 heterocycles. The maximum absolute atomic E-state index is 5.37. The second-order valence-electron chi connectivity index (χ2n) is 6.08. The van der Waals surface area contributed by atoms with Gasteiger partial charge in [0.05, 0.1) is 14.2 Å². The van der Waals surface area contributed by atoms with E-state index in [9.17, 15) is 0 Å². The predicted octanol–water partition coefficient (Wildman–Crippen LogP) is 4.28. The first-order valence-electron chi connectivity index (χ1n) is 8.24. The molecule has 0 N–H and O–H groups in total. The van der Waals surface area contributed by atoms with Gasteiger partial charge in [0.2, 0.25) is 0 Å². The van der Waals surface area contributed by atoms with Gasteiger partial charge < -0.3 is 14.4 Å². The van der Waals surface area contributed by atoms with Gasteiger partial charge in [-0.05, 0) is 43.7 Å². The Morgan fingerprint density at radius 3 is 2.38 bits per heavy atom. The van der Waals surface area contributed by atoms with E-state index in [2.05, 4.69) is 61.3 Å². The van der Waals surface area contributed by atoms with E-state index in [-0.39, 0.29) is 0 Å². The van der Waals surface area contributed by atoms with Gasteiger partial charge in [0, 0.05) is 13.1 Å². The number of benzene rings is 2. The Bertz CT molecular complexity index is 665. The van der Waals surface area contributed by atoms with Crippen molar-refractivity contribution in [1.29, 1.82) is 0 Å². The summed E-state index contributed by atoms with van der Waals surface area (Å²) in [5, 5.41) is 0. The van der Waals surface area contributed by atoms with Crippen LogP contribution in [0.2, 0.25) is 0 Å². The van der Waals surface area contributed by atoms with Crippen LogP contribution in [0.3, 0.4) is 0 Å². The van der Waals surface area contributed by atoms with Gasteiger partial charge in [0.15, 0.2) is 11.5 Å². The highest BCUT2D eigenvalue weighted by atomic mass is 16.5. The van der Waals surface area contributed by atoms with Gasteiger partial charge >= 0.3 is 0 Å². The fraction of sp³-hybridized carbons (Fsp3) is 0.333. The third-order valence-electron chi connectivity index (χ3n) is 3.96. The molecule has 0 aliphatic rings. The molecule has 0 bridgehead atoms. The van der Waals surface area contributed by atoms with Gasteiger partial charge in [-0.25, -0.2) is 0 Å². The minimum atomic E-state index is 0.774. The SMILES string of the molecule is COc1ccc(CCN(C)C/C(C)=C/c2ccccc2)cc1OC. The highest BCUT2D eigenvalue weighted by Crippen LogP contribution is 2.27. The molecule has 3 heteroatoms. The van der Waals surface area contributed by atoms with Gasteiger partial charge in [-0.1, -0.05) is 48.0 Å². The van der Waals surface area contributed by atoms with Crippen molar-refractivity contribution in [3.63, 3.8) is 0 Å². The Balaban J connectivity index is 1.89. The molecule has 0 spiro atoms. The van der Waals surface area contributed by atoms with E-state index in [1.165, 1.54) is 16.7 Å². The van der Waals surface area contributed by atoms with E-state index in [1.54, 1.807) is 14.2 Å². The van der Waals surface area contributed by atoms with Crippen molar-refractivity contribution in [3.8, 4) is 11.5 Å². The van der Waals surface area contributed by atoms with E-state index >= 15 is 0 Å². The Morgan fingerprint density at radius 1 is 1.00 bits per heavy atom. The van der Waals surface area contributed by atoms with Crippen molar-refractivity contribution in [2.24, 2.45) is 0 Å². The van der Waals surface area contributed by atoms with Gasteiger partial charge in [0.1, 0.15) is 0 Å². The summed E-state index contributed by atoms with van der Waals surface area (Å²) in [6, 6.07) is 16.6. The van der Waals surface area contributed by atoms with Crippen molar-refractivity contribution in [2.45, 2.75) is 13.3 Å². The van der Waals surface area contributed by atoms with Crippen LogP contribution in [0.25, 0.3) is 6.08 Å². The van der Waals surface area contributed by atoms with Crippen LogP contribution in [0.5, 0.6) is 11.5 Å². The molecule has 0 aliphatic heterocycles. The first kappa shape index (κ1) is 18.1. The molecule has 2 aromatic rings. The van der Waals surface area contributed by atoms with Crippen LogP contribution in [-0.2, 0) is 6.42 Å². The monoisotopic (exact) mass is 325 g/mol. The molecular weight excluding hydrogens is 298 g/mol. The molecular formula is C21H27NO2. The quantitative estimate of drug-likeness (QED) is 0.723. The summed E-state index contributed by atoms with van der Waals surface area (Å²) in [6.07, 6.45) is 3.22. The predicted molar refractivity (Wildman–Crippen MR) is 101 cm³/mol. The smallest absolute Gasteiger partial charge is 0.160 e. The zero-order valence-electron chi connectivity index (χ0n) is 15.1. The third kappa shape index (κ3) is 5.43. The van der Waals surface area contributed by atoms with Crippen LogP contribution in [0, 0.1) is 0 Å². The minimum Gasteiger partial charge on any atom is -0.493 e. The normalized spacial score (nSPS) is 11.6. The van der Waals surface area contributed by atoms with Crippen molar-refractivity contribution in [3.05, 3.63) is 65.2 Å². The van der Waals surface area contributed by atoms with Crippen LogP contribution >= 0.6 is 0 Å². The summed E-state index contributed by atoms with van der Waals surface area (Å²) < 4.78 is 10.7. The minimum absolute atomic E-state index is 0.774. The van der Waals surface area contributed by atoms with Crippen molar-refractivity contribution in [2.75, 3.05) is 34.4 Å². The van der Waals surface area contributed by atoms with E-state index in [1.807, 2.05) is 12.1 Å². The lowest BCUT2D eigenvalue weighted by atomic mass is 10.1. The topological polar surface area (TPSA) is 21.7 Å². The molecule has 2 aromatic carbocycles. The standard InChI is InChI=1S/C21H27NO2/c1-17(14-18-8-6-5-7-9-18)16-22(2)13-12-19-10-11-20(23-3)21(15-19)24-4/h5-11,14-15H,12-13,16H2,1-4H3/b17-14+. The summed E-state index contributed by atoms with van der Waals surface area (Å²) in [5.74, 6) is 1.56. The Labute approximate surface area is 145 Å². The van der Waals surface area contributed by atoms with Crippen LogP contribution in [0.15, 0.2) is 54.1 Å². The van der Waals surface area contributed by atoms with E-state index in [0.29, 0.717) is 0 Å². The molecule has 0 fully saturated rings. The second kappa shape index (κ2) is 9.14. The summed E-state index contributed by atoms with van der Waals surface area (Å²) in [6.45, 7) is 4.14. The molecule has 2 rings (SSSR count). The van der Waals surface area contributed by atoms with E-state index in [4.69, 9.17) is 9.47 Å². The fourth-order valence-corrected chi connectivity index (χ4v) is 2.74. The first-order chi connectivity index (χ1) is 11.6. The summed E-state index contributed by atoms with van der Waals surface area (Å²) in [4.78, 5) is 2.34. The largest absolute Gasteiger partial charge is 0.493 e. The highest BCUT2D eigenvalue weighted by Gasteiger charge is 2.06. The molecule has 0 unspecified atom stereocenters. The lowest BCUT2D eigenvalue weighted by molar-refractivity contribution is 0.352. The van der Waals surface area contributed by atoms with Crippen molar-refractivity contribution < 1.29 is 9.47 Å². The molecule has 0 aliphatic carbocycles. The maximum atomic E-state index is 5.37. The number of hydrogen-bond acceptors (Lipinski definition) is 3. The lowest BCUT2D eigenvalue weighted by Crippen LogP contribution is -2.23. The lowest BCUT2D eigenvalue weighted by Gasteiger charge is -2.17. The first-order valence-corrected chi connectivity index (χ1v) is 8.24. The van der Waals surface area contributed by atoms with Crippen LogP contribution in [-0.4, -0.2) is 39.3 Å². The van der Waals surface area contributed by atoms with Crippen molar-refractivity contribution >= 4 is 6.08 Å². The second-order valence-corrected chi connectivity index (χ2v) is 6.08. The zero-order chi connectivity index (χ0) is 17.4. The average molecular weight is 325 g/mol. The number of methoxy groups -OCH3 is 2. The number of likely N-dealkylation sites (N-methyl/N-ethyl adjacent to an activating group) is 1. The number of rotatable bonds is 8. The molecule has 0 atom stereocenters. The zero-order valence-corrected chi connectivity index (χ0v) is 15.1. The molecule has 24 heavy (non-hydrogen) atoms. The van der Waals surface area contributed by atoms with E-state index in [0.717, 1.165) is 31.0 Å². The average Bonchev–Trinajstić information content (AvgIpc) is 2.60. The van der Waals surface area contributed by atoms with Crippen LogP contribution < -0.4 is 9.47 Å². The van der Waals surface area contributed by atoms with Gasteiger partial charge in [-0.15, -0.1) is 0 Å².